The molecular formula is C38H54N6O3. The molecule has 0 aliphatic carbocycles. The Balaban J connectivity index is 1.09. The molecule has 0 aromatic heterocycles. The van der Waals surface area contributed by atoms with Gasteiger partial charge in [0.15, 0.2) is 0 Å². The Hall–Kier alpha value is -3.43. The number of rotatable bonds is 9. The minimum absolute atomic E-state index is 0.0566. The van der Waals surface area contributed by atoms with Gasteiger partial charge in [-0.2, -0.15) is 0 Å². The van der Waals surface area contributed by atoms with Crippen molar-refractivity contribution < 1.29 is 14.4 Å². The second-order valence-electron chi connectivity index (χ2n) is 14.1. The van der Waals surface area contributed by atoms with E-state index in [-0.39, 0.29) is 36.2 Å². The first-order chi connectivity index (χ1) is 22.8. The van der Waals surface area contributed by atoms with E-state index in [0.717, 1.165) is 81.8 Å². The van der Waals surface area contributed by atoms with Crippen molar-refractivity contribution in [2.24, 2.45) is 5.92 Å². The van der Waals surface area contributed by atoms with Crippen LogP contribution in [0.5, 0.6) is 0 Å². The molecule has 2 aromatic rings. The van der Waals surface area contributed by atoms with Gasteiger partial charge >= 0.3 is 6.03 Å². The molecule has 254 valence electrons. The van der Waals surface area contributed by atoms with Crippen LogP contribution in [0.3, 0.4) is 0 Å². The minimum Gasteiger partial charge on any atom is -0.343 e. The van der Waals surface area contributed by atoms with Crippen molar-refractivity contribution >= 4 is 23.5 Å². The first-order valence-corrected chi connectivity index (χ1v) is 18.1. The number of piperidine rings is 2. The molecular weight excluding hydrogens is 588 g/mol. The van der Waals surface area contributed by atoms with Crippen molar-refractivity contribution in [1.29, 1.82) is 0 Å². The molecule has 0 saturated carbocycles. The highest BCUT2D eigenvalue weighted by Crippen LogP contribution is 2.29. The van der Waals surface area contributed by atoms with Gasteiger partial charge in [-0.3, -0.25) is 14.5 Å². The van der Waals surface area contributed by atoms with E-state index in [4.69, 9.17) is 0 Å². The van der Waals surface area contributed by atoms with Crippen LogP contribution in [0.15, 0.2) is 42.5 Å². The number of amides is 4. The highest BCUT2D eigenvalue weighted by Gasteiger charge is 2.36. The van der Waals surface area contributed by atoms with Gasteiger partial charge in [0.2, 0.25) is 11.8 Å². The summed E-state index contributed by atoms with van der Waals surface area (Å²) in [4.78, 5) is 51.8. The molecule has 4 aliphatic heterocycles. The lowest BCUT2D eigenvalue weighted by atomic mass is 9.90. The molecule has 0 bridgehead atoms. The first-order valence-electron chi connectivity index (χ1n) is 18.1. The van der Waals surface area contributed by atoms with E-state index in [1.165, 1.54) is 24.0 Å². The average Bonchev–Trinajstić information content (AvgIpc) is 3.11. The standard InChI is InChI=1S/C38H54N6O3/c1-4-29-11-10-28(24-30(29)5-2)25-32(37(46)43-22-20-41(21-23-43)33-12-16-40(3)17-13-33)26-36(45)42-18-14-34(15-19-42)44-27-31-8-6-7-9-35(31)39-38(44)47/h6-11,24,32-34H,4-5,12-23,25-27H2,1-3H3,(H,39,47). The zero-order valence-corrected chi connectivity index (χ0v) is 28.8. The van der Waals surface area contributed by atoms with Crippen LogP contribution in [-0.2, 0) is 35.4 Å². The molecule has 4 amide bonds. The molecule has 0 radical (unpaired) electrons. The van der Waals surface area contributed by atoms with Crippen LogP contribution >= 0.6 is 0 Å². The van der Waals surface area contributed by atoms with E-state index in [1.54, 1.807) is 0 Å². The number of para-hydroxylation sites is 1. The molecule has 3 saturated heterocycles. The Kier molecular flexibility index (Phi) is 10.8. The molecule has 1 atom stereocenters. The number of aryl methyl sites for hydroxylation is 2. The lowest BCUT2D eigenvalue weighted by Crippen LogP contribution is -2.55. The fourth-order valence-corrected chi connectivity index (χ4v) is 8.22. The van der Waals surface area contributed by atoms with Crippen LogP contribution in [-0.4, -0.2) is 114 Å². The topological polar surface area (TPSA) is 79.4 Å². The number of benzene rings is 2. The number of likely N-dealkylation sites (tertiary alicyclic amines) is 2. The fourth-order valence-electron chi connectivity index (χ4n) is 8.22. The second kappa shape index (κ2) is 15.2. The van der Waals surface area contributed by atoms with Crippen molar-refractivity contribution in [2.45, 2.75) is 83.8 Å². The zero-order valence-electron chi connectivity index (χ0n) is 28.8. The second-order valence-corrected chi connectivity index (χ2v) is 14.1. The van der Waals surface area contributed by atoms with Crippen LogP contribution in [0, 0.1) is 5.92 Å². The fraction of sp³-hybridized carbons (Fsp3) is 0.605. The summed E-state index contributed by atoms with van der Waals surface area (Å²) in [5.41, 5.74) is 5.84. The molecule has 9 nitrogen and oxygen atoms in total. The molecule has 47 heavy (non-hydrogen) atoms. The monoisotopic (exact) mass is 642 g/mol. The Labute approximate surface area is 281 Å². The van der Waals surface area contributed by atoms with Gasteiger partial charge in [-0.25, -0.2) is 4.79 Å². The molecule has 2 aromatic carbocycles. The smallest absolute Gasteiger partial charge is 0.322 e. The Morgan fingerprint density at radius 3 is 2.19 bits per heavy atom. The summed E-state index contributed by atoms with van der Waals surface area (Å²) in [5.74, 6) is -0.199. The van der Waals surface area contributed by atoms with Crippen LogP contribution in [0.25, 0.3) is 0 Å². The number of urea groups is 1. The van der Waals surface area contributed by atoms with Gasteiger partial charge in [0.1, 0.15) is 0 Å². The summed E-state index contributed by atoms with van der Waals surface area (Å²) in [6.45, 7) is 11.7. The summed E-state index contributed by atoms with van der Waals surface area (Å²) in [5, 5.41) is 3.03. The van der Waals surface area contributed by atoms with Crippen molar-refractivity contribution in [2.75, 3.05) is 64.7 Å². The number of nitrogens with one attached hydrogen (secondary N) is 1. The Bertz CT molecular complexity index is 1410. The normalized spacial score (nSPS) is 21.0. The lowest BCUT2D eigenvalue weighted by molar-refractivity contribution is -0.143. The maximum absolute atomic E-state index is 14.2. The highest BCUT2D eigenvalue weighted by molar-refractivity contribution is 5.92. The average molecular weight is 643 g/mol. The molecule has 9 heteroatoms. The maximum atomic E-state index is 14.2. The van der Waals surface area contributed by atoms with E-state index in [2.05, 4.69) is 60.3 Å². The van der Waals surface area contributed by atoms with Crippen LogP contribution < -0.4 is 5.32 Å². The number of anilines is 1. The number of piperazine rings is 1. The van der Waals surface area contributed by atoms with Crippen molar-refractivity contribution in [3.05, 3.63) is 64.7 Å². The number of nitrogens with zero attached hydrogens (tertiary/aromatic N) is 5. The van der Waals surface area contributed by atoms with Gasteiger partial charge in [0.05, 0.1) is 5.92 Å². The van der Waals surface area contributed by atoms with Gasteiger partial charge in [-0.1, -0.05) is 50.2 Å². The van der Waals surface area contributed by atoms with Gasteiger partial charge in [0, 0.05) is 70.0 Å². The predicted octanol–water partition coefficient (Wildman–Crippen LogP) is 4.64. The van der Waals surface area contributed by atoms with Gasteiger partial charge in [0.25, 0.3) is 0 Å². The van der Waals surface area contributed by atoms with E-state index in [0.29, 0.717) is 32.1 Å². The summed E-state index contributed by atoms with van der Waals surface area (Å²) >= 11 is 0. The third kappa shape index (κ3) is 7.83. The van der Waals surface area contributed by atoms with Crippen molar-refractivity contribution in [3.63, 3.8) is 0 Å². The summed E-state index contributed by atoms with van der Waals surface area (Å²) in [6.07, 6.45) is 6.65. The lowest BCUT2D eigenvalue weighted by Gasteiger charge is -2.43. The molecule has 4 aliphatic rings. The van der Waals surface area contributed by atoms with Gasteiger partial charge in [-0.15, -0.1) is 0 Å². The van der Waals surface area contributed by atoms with Crippen LogP contribution in [0.1, 0.15) is 68.2 Å². The van der Waals surface area contributed by atoms with Crippen LogP contribution in [0.2, 0.25) is 0 Å². The number of hydrogen-bond acceptors (Lipinski definition) is 5. The summed E-state index contributed by atoms with van der Waals surface area (Å²) in [6, 6.07) is 15.2. The van der Waals surface area contributed by atoms with Crippen LogP contribution in [0.4, 0.5) is 10.5 Å². The highest BCUT2D eigenvalue weighted by atomic mass is 16.2. The Morgan fingerprint density at radius 1 is 0.809 bits per heavy atom. The maximum Gasteiger partial charge on any atom is 0.322 e. The SMILES string of the molecule is CCc1ccc(CC(CC(=O)N2CCC(N3Cc4ccccc4NC3=O)CC2)C(=O)N2CCN(C3CCN(C)CC3)CC2)cc1CC. The number of fused-ring (bicyclic) bond motifs is 1. The Morgan fingerprint density at radius 2 is 1.49 bits per heavy atom. The van der Waals surface area contributed by atoms with E-state index in [1.807, 2.05) is 32.9 Å². The predicted molar refractivity (Wildman–Crippen MR) is 186 cm³/mol. The quantitative estimate of drug-likeness (QED) is 0.432. The first kappa shape index (κ1) is 33.5. The van der Waals surface area contributed by atoms with Crippen molar-refractivity contribution in [3.8, 4) is 0 Å². The summed E-state index contributed by atoms with van der Waals surface area (Å²) < 4.78 is 0. The van der Waals surface area contributed by atoms with Crippen molar-refractivity contribution in [1.82, 2.24) is 24.5 Å². The van der Waals surface area contributed by atoms with E-state index in [9.17, 15) is 14.4 Å². The third-order valence-electron chi connectivity index (χ3n) is 11.2. The van der Waals surface area contributed by atoms with E-state index >= 15 is 0 Å². The molecule has 0 spiro atoms. The molecule has 3 fully saturated rings. The van der Waals surface area contributed by atoms with Gasteiger partial charge < -0.3 is 24.9 Å². The number of carbonyl (C=O) groups excluding carboxylic acids is 3. The van der Waals surface area contributed by atoms with Gasteiger partial charge in [-0.05, 0) is 93.4 Å². The molecule has 1 unspecified atom stereocenters. The number of hydrogen-bond donors (Lipinski definition) is 1. The minimum atomic E-state index is -0.378. The van der Waals surface area contributed by atoms with E-state index < -0.39 is 0 Å². The largest absolute Gasteiger partial charge is 0.343 e. The third-order valence-corrected chi connectivity index (χ3v) is 11.2. The summed E-state index contributed by atoms with van der Waals surface area (Å²) in [7, 11) is 2.20. The molecule has 4 heterocycles. The zero-order chi connectivity index (χ0) is 32.9. The molecule has 1 N–H and O–H groups in total. The number of carbonyl (C=O) groups is 3. The molecule has 6 rings (SSSR count).